The van der Waals surface area contributed by atoms with Crippen LogP contribution >= 0.6 is 0 Å². The fraction of sp³-hybridized carbons (Fsp3) is 0.423. The minimum atomic E-state index is -4.59. The maximum Gasteiger partial charge on any atom is 0.406 e. The number of piperazine rings is 1. The van der Waals surface area contributed by atoms with Crippen molar-refractivity contribution in [2.24, 2.45) is 0 Å². The largest absolute Gasteiger partial charge is 0.494 e. The first-order chi connectivity index (χ1) is 18.1. The molecule has 9 nitrogen and oxygen atoms in total. The zero-order valence-corrected chi connectivity index (χ0v) is 21.5. The number of benzene rings is 1. The third-order valence-electron chi connectivity index (χ3n) is 7.01. The molecule has 0 radical (unpaired) electrons. The molecule has 1 aromatic carbocycles. The third kappa shape index (κ3) is 5.13. The molecule has 1 aromatic heterocycles. The van der Waals surface area contributed by atoms with E-state index in [0.29, 0.717) is 35.5 Å². The molecule has 2 aromatic rings. The Balaban J connectivity index is 1.48. The van der Waals surface area contributed by atoms with Gasteiger partial charge in [0.15, 0.2) is 5.82 Å². The van der Waals surface area contributed by atoms with Crippen molar-refractivity contribution in [2.75, 3.05) is 73.9 Å². The number of aromatic nitrogens is 2. The molecule has 0 unspecified atom stereocenters. The average Bonchev–Trinajstić information content (AvgIpc) is 2.98. The van der Waals surface area contributed by atoms with Crippen LogP contribution in [0.4, 0.5) is 42.0 Å². The van der Waals surface area contributed by atoms with Crippen LogP contribution in [0.5, 0.6) is 5.75 Å². The van der Waals surface area contributed by atoms with Gasteiger partial charge in [0, 0.05) is 50.6 Å². The number of anilines is 5. The molecule has 1 N–H and O–H groups in total. The van der Waals surface area contributed by atoms with Crippen molar-refractivity contribution in [3.8, 4) is 5.75 Å². The van der Waals surface area contributed by atoms with E-state index in [9.17, 15) is 18.0 Å². The van der Waals surface area contributed by atoms with Crippen molar-refractivity contribution in [3.05, 3.63) is 47.8 Å². The number of ether oxygens (including phenoxy) is 1. The maximum absolute atomic E-state index is 13.5. The second-order valence-electron chi connectivity index (χ2n) is 9.57. The summed E-state index contributed by atoms with van der Waals surface area (Å²) >= 11 is 0. The van der Waals surface area contributed by atoms with E-state index in [2.05, 4.69) is 32.1 Å². The molecular weight excluding hydrogens is 499 g/mol. The van der Waals surface area contributed by atoms with Crippen LogP contribution in [-0.4, -0.2) is 80.9 Å². The van der Waals surface area contributed by atoms with E-state index >= 15 is 0 Å². The van der Waals surface area contributed by atoms with Gasteiger partial charge in [-0.05, 0) is 38.1 Å². The highest BCUT2D eigenvalue weighted by atomic mass is 19.4. The van der Waals surface area contributed by atoms with Gasteiger partial charge in [0.1, 0.15) is 18.0 Å². The Morgan fingerprint density at radius 3 is 2.61 bits per heavy atom. The van der Waals surface area contributed by atoms with E-state index in [1.165, 1.54) is 6.20 Å². The second-order valence-corrected chi connectivity index (χ2v) is 9.57. The summed E-state index contributed by atoms with van der Waals surface area (Å²) in [6, 6.07) is 5.80. The number of allylic oxidation sites excluding steroid dienone is 2. The predicted octanol–water partition coefficient (Wildman–Crippen LogP) is 3.93. The summed E-state index contributed by atoms with van der Waals surface area (Å²) in [7, 11) is 5.36. The fourth-order valence-electron chi connectivity index (χ4n) is 4.93. The van der Waals surface area contributed by atoms with Crippen molar-refractivity contribution in [1.82, 2.24) is 14.9 Å². The SMILES string of the molecule is COc1cc(N2CCN(C)CC2)ccc1Nc1ncc2c(n1)N(C)C1=C(CCC=C1)C(=O)N2CC(F)(F)F. The van der Waals surface area contributed by atoms with Crippen LogP contribution in [0.25, 0.3) is 0 Å². The lowest BCUT2D eigenvalue weighted by Gasteiger charge is -2.34. The van der Waals surface area contributed by atoms with Crippen LogP contribution in [0.15, 0.2) is 47.8 Å². The maximum atomic E-state index is 13.5. The molecular formula is C26H30F3N7O2. The number of methoxy groups -OCH3 is 1. The van der Waals surface area contributed by atoms with E-state index in [-0.39, 0.29) is 17.5 Å². The quantitative estimate of drug-likeness (QED) is 0.625. The first-order valence-corrected chi connectivity index (χ1v) is 12.4. The summed E-state index contributed by atoms with van der Waals surface area (Å²) in [6.45, 7) is 2.34. The normalized spacial score (nSPS) is 18.4. The Kier molecular flexibility index (Phi) is 6.91. The van der Waals surface area contributed by atoms with Gasteiger partial charge in [-0.2, -0.15) is 18.2 Å². The molecule has 202 valence electrons. The van der Waals surface area contributed by atoms with Gasteiger partial charge in [-0.25, -0.2) is 4.98 Å². The minimum absolute atomic E-state index is 0.000513. The topological polar surface area (TPSA) is 77.1 Å². The molecule has 2 aliphatic heterocycles. The molecule has 1 amide bonds. The molecule has 3 aliphatic rings. The Bertz CT molecular complexity index is 1290. The number of halogens is 3. The Labute approximate surface area is 219 Å². The number of nitrogens with zero attached hydrogens (tertiary/aromatic N) is 6. The van der Waals surface area contributed by atoms with Gasteiger partial charge in [-0.15, -0.1) is 0 Å². The Morgan fingerprint density at radius 1 is 1.13 bits per heavy atom. The summed E-state index contributed by atoms with van der Waals surface area (Å²) in [5.41, 5.74) is 2.51. The molecule has 3 heterocycles. The van der Waals surface area contributed by atoms with Crippen LogP contribution < -0.4 is 24.8 Å². The number of carbonyl (C=O) groups excluding carboxylic acids is 1. The molecule has 12 heteroatoms. The van der Waals surface area contributed by atoms with Crippen LogP contribution in [-0.2, 0) is 4.79 Å². The van der Waals surface area contributed by atoms with E-state index < -0.39 is 18.6 Å². The number of nitrogens with one attached hydrogen (secondary N) is 1. The van der Waals surface area contributed by atoms with Gasteiger partial charge in [-0.3, -0.25) is 9.69 Å². The van der Waals surface area contributed by atoms with E-state index in [1.807, 2.05) is 24.3 Å². The standard InChI is InChI=1S/C26H30F3N7O2/c1-33-10-12-35(13-11-33)17-8-9-19(22(14-17)38-3)31-25-30-15-21-23(32-25)34(2)20-7-5-4-6-18(20)24(37)36(21)16-26(27,28)29/h5,7-9,14-15H,4,6,10-13,16H2,1-3H3,(H,30,31,32). The zero-order valence-electron chi connectivity index (χ0n) is 21.5. The van der Waals surface area contributed by atoms with Crippen molar-refractivity contribution >= 4 is 34.7 Å². The number of carbonyl (C=O) groups is 1. The van der Waals surface area contributed by atoms with Crippen molar-refractivity contribution in [3.63, 3.8) is 0 Å². The first-order valence-electron chi connectivity index (χ1n) is 12.4. The van der Waals surface area contributed by atoms with Crippen LogP contribution in [0, 0.1) is 0 Å². The third-order valence-corrected chi connectivity index (χ3v) is 7.01. The molecule has 1 aliphatic carbocycles. The second kappa shape index (κ2) is 10.2. The van der Waals surface area contributed by atoms with Crippen molar-refractivity contribution < 1.29 is 22.7 Å². The highest BCUT2D eigenvalue weighted by molar-refractivity contribution is 6.10. The predicted molar refractivity (Wildman–Crippen MR) is 140 cm³/mol. The van der Waals surface area contributed by atoms with E-state index in [0.717, 1.165) is 36.8 Å². The van der Waals surface area contributed by atoms with Crippen molar-refractivity contribution in [1.29, 1.82) is 0 Å². The van der Waals surface area contributed by atoms with Crippen LogP contribution in [0.1, 0.15) is 12.8 Å². The summed E-state index contributed by atoms with van der Waals surface area (Å²) in [5.74, 6) is 0.273. The van der Waals surface area contributed by atoms with E-state index in [4.69, 9.17) is 4.74 Å². The summed E-state index contributed by atoms with van der Waals surface area (Å²) in [5, 5.41) is 3.14. The lowest BCUT2D eigenvalue weighted by molar-refractivity contribution is -0.130. The fourth-order valence-corrected chi connectivity index (χ4v) is 4.93. The summed E-state index contributed by atoms with van der Waals surface area (Å²) in [6.07, 6.45) is 1.26. The van der Waals surface area contributed by atoms with Crippen molar-refractivity contribution in [2.45, 2.75) is 19.0 Å². The van der Waals surface area contributed by atoms with Crippen LogP contribution in [0.3, 0.4) is 0 Å². The number of amides is 1. The average molecular weight is 530 g/mol. The molecule has 0 spiro atoms. The number of likely N-dealkylation sites (N-methyl/N-ethyl adjacent to an activating group) is 2. The molecule has 38 heavy (non-hydrogen) atoms. The van der Waals surface area contributed by atoms with Gasteiger partial charge in [0.25, 0.3) is 5.91 Å². The minimum Gasteiger partial charge on any atom is -0.494 e. The van der Waals surface area contributed by atoms with Crippen LogP contribution in [0.2, 0.25) is 0 Å². The van der Waals surface area contributed by atoms with Gasteiger partial charge in [-0.1, -0.05) is 6.08 Å². The molecule has 0 saturated carbocycles. The first kappa shape index (κ1) is 25.8. The number of hydrogen-bond acceptors (Lipinski definition) is 8. The molecule has 1 saturated heterocycles. The monoisotopic (exact) mass is 529 g/mol. The summed E-state index contributed by atoms with van der Waals surface area (Å²) < 4.78 is 46.1. The van der Waals surface area contributed by atoms with Gasteiger partial charge in [0.2, 0.25) is 5.95 Å². The number of alkyl halides is 3. The van der Waals surface area contributed by atoms with E-state index in [1.54, 1.807) is 25.1 Å². The highest BCUT2D eigenvalue weighted by Crippen LogP contribution is 2.39. The number of hydrogen-bond donors (Lipinski definition) is 1. The molecule has 0 atom stereocenters. The Morgan fingerprint density at radius 2 is 1.89 bits per heavy atom. The molecule has 5 rings (SSSR count). The lowest BCUT2D eigenvalue weighted by Crippen LogP contribution is -2.44. The highest BCUT2D eigenvalue weighted by Gasteiger charge is 2.39. The Hall–Kier alpha value is -3.80. The zero-order chi connectivity index (χ0) is 27.0. The molecule has 1 fully saturated rings. The van der Waals surface area contributed by atoms with Gasteiger partial charge >= 0.3 is 6.18 Å². The number of fused-ring (bicyclic) bond motifs is 1. The number of rotatable bonds is 5. The lowest BCUT2D eigenvalue weighted by atomic mass is 10.0. The van der Waals surface area contributed by atoms with Gasteiger partial charge < -0.3 is 24.8 Å². The smallest absolute Gasteiger partial charge is 0.406 e. The molecule has 0 bridgehead atoms. The van der Waals surface area contributed by atoms with Gasteiger partial charge in [0.05, 0.1) is 24.7 Å². The summed E-state index contributed by atoms with van der Waals surface area (Å²) in [4.78, 5) is 29.0.